The van der Waals surface area contributed by atoms with Crippen LogP contribution in [-0.2, 0) is 6.42 Å². The predicted molar refractivity (Wildman–Crippen MR) is 49.0 cm³/mol. The first-order chi connectivity index (χ1) is 5.74. The molecule has 0 spiro atoms. The highest BCUT2D eigenvalue weighted by atomic mass is 16.4. The Hall–Kier alpha value is -0.835. The maximum Gasteiger partial charge on any atom is 0.488 e. The van der Waals surface area contributed by atoms with Gasteiger partial charge in [-0.1, -0.05) is 24.3 Å². The Morgan fingerprint density at radius 1 is 1.17 bits per heavy atom. The molecule has 0 saturated heterocycles. The summed E-state index contributed by atoms with van der Waals surface area (Å²) in [5.41, 5.74) is 6.98. The lowest BCUT2D eigenvalue weighted by atomic mass is 9.80. The lowest BCUT2D eigenvalue weighted by Gasteiger charge is -2.01. The van der Waals surface area contributed by atoms with Crippen molar-refractivity contribution in [2.75, 3.05) is 6.54 Å². The molecule has 0 saturated carbocycles. The highest BCUT2D eigenvalue weighted by molar-refractivity contribution is 6.58. The van der Waals surface area contributed by atoms with Gasteiger partial charge in [0.15, 0.2) is 0 Å². The zero-order chi connectivity index (χ0) is 8.97. The Morgan fingerprint density at radius 2 is 1.75 bits per heavy atom. The minimum atomic E-state index is -1.38. The van der Waals surface area contributed by atoms with E-state index >= 15 is 0 Å². The van der Waals surface area contributed by atoms with Crippen LogP contribution in [0.4, 0.5) is 0 Å². The van der Waals surface area contributed by atoms with Crippen molar-refractivity contribution in [1.82, 2.24) is 0 Å². The Labute approximate surface area is 72.0 Å². The summed E-state index contributed by atoms with van der Waals surface area (Å²) in [6.45, 7) is 0.612. The van der Waals surface area contributed by atoms with Crippen molar-refractivity contribution >= 4 is 12.6 Å². The molecule has 0 heterocycles. The van der Waals surface area contributed by atoms with Crippen LogP contribution in [0.5, 0.6) is 0 Å². The summed E-state index contributed by atoms with van der Waals surface area (Å²) in [5.74, 6) is 0. The van der Waals surface area contributed by atoms with Crippen molar-refractivity contribution in [3.8, 4) is 0 Å². The fourth-order valence-electron chi connectivity index (χ4n) is 1.02. The molecule has 0 bridgehead atoms. The molecule has 1 aromatic rings. The molecule has 1 aromatic carbocycles. The molecular weight excluding hydrogens is 153 g/mol. The molecule has 4 heteroatoms. The van der Waals surface area contributed by atoms with E-state index in [0.29, 0.717) is 12.0 Å². The zero-order valence-electron chi connectivity index (χ0n) is 6.77. The highest BCUT2D eigenvalue weighted by Crippen LogP contribution is 1.96. The van der Waals surface area contributed by atoms with E-state index in [0.717, 1.165) is 12.0 Å². The van der Waals surface area contributed by atoms with E-state index in [9.17, 15) is 0 Å². The average Bonchev–Trinajstić information content (AvgIpc) is 2.06. The van der Waals surface area contributed by atoms with Crippen LogP contribution in [0.15, 0.2) is 24.3 Å². The predicted octanol–water partition coefficient (Wildman–Crippen LogP) is -1.13. The van der Waals surface area contributed by atoms with E-state index in [2.05, 4.69) is 0 Å². The van der Waals surface area contributed by atoms with Gasteiger partial charge in [-0.25, -0.2) is 0 Å². The van der Waals surface area contributed by atoms with Crippen molar-refractivity contribution in [1.29, 1.82) is 0 Å². The van der Waals surface area contributed by atoms with E-state index in [1.165, 1.54) is 0 Å². The van der Waals surface area contributed by atoms with Gasteiger partial charge in [-0.15, -0.1) is 0 Å². The van der Waals surface area contributed by atoms with E-state index in [4.69, 9.17) is 15.8 Å². The van der Waals surface area contributed by atoms with Crippen LogP contribution < -0.4 is 11.2 Å². The minimum Gasteiger partial charge on any atom is -0.423 e. The highest BCUT2D eigenvalue weighted by Gasteiger charge is 2.08. The van der Waals surface area contributed by atoms with E-state index in [1.807, 2.05) is 12.1 Å². The number of nitrogens with two attached hydrogens (primary N) is 1. The fourth-order valence-corrected chi connectivity index (χ4v) is 1.02. The molecule has 0 aliphatic heterocycles. The van der Waals surface area contributed by atoms with Gasteiger partial charge in [0.1, 0.15) is 0 Å². The molecular formula is C8H12BNO2. The summed E-state index contributed by atoms with van der Waals surface area (Å²) in [6.07, 6.45) is 0.821. The molecule has 0 atom stereocenters. The van der Waals surface area contributed by atoms with Crippen molar-refractivity contribution < 1.29 is 10.0 Å². The standard InChI is InChI=1S/C8H12BNO2/c10-6-5-7-1-3-8(4-2-7)9(11)12/h1-4,11-12H,5-6,10H2. The van der Waals surface area contributed by atoms with Crippen LogP contribution >= 0.6 is 0 Å². The third-order valence-corrected chi connectivity index (χ3v) is 1.71. The maximum absolute atomic E-state index is 8.78. The molecule has 0 radical (unpaired) electrons. The topological polar surface area (TPSA) is 66.5 Å². The van der Waals surface area contributed by atoms with Crippen LogP contribution in [0.25, 0.3) is 0 Å². The van der Waals surface area contributed by atoms with Gasteiger partial charge < -0.3 is 15.8 Å². The summed E-state index contributed by atoms with van der Waals surface area (Å²) in [4.78, 5) is 0. The summed E-state index contributed by atoms with van der Waals surface area (Å²) in [6, 6.07) is 7.08. The van der Waals surface area contributed by atoms with Crippen LogP contribution in [0.1, 0.15) is 5.56 Å². The molecule has 0 fully saturated rings. The normalized spacial score (nSPS) is 9.92. The van der Waals surface area contributed by atoms with Gasteiger partial charge in [-0.05, 0) is 24.0 Å². The van der Waals surface area contributed by atoms with Gasteiger partial charge in [0.2, 0.25) is 0 Å². The second-order valence-corrected chi connectivity index (χ2v) is 2.65. The van der Waals surface area contributed by atoms with E-state index < -0.39 is 7.12 Å². The zero-order valence-corrected chi connectivity index (χ0v) is 6.77. The molecule has 4 N–H and O–H groups in total. The second kappa shape index (κ2) is 4.26. The van der Waals surface area contributed by atoms with Gasteiger partial charge >= 0.3 is 7.12 Å². The van der Waals surface area contributed by atoms with Crippen LogP contribution in [0.3, 0.4) is 0 Å². The molecule has 0 unspecified atom stereocenters. The Balaban J connectivity index is 2.71. The van der Waals surface area contributed by atoms with Crippen molar-refractivity contribution in [3.63, 3.8) is 0 Å². The molecule has 0 aromatic heterocycles. The molecule has 64 valence electrons. The second-order valence-electron chi connectivity index (χ2n) is 2.65. The van der Waals surface area contributed by atoms with Gasteiger partial charge in [0, 0.05) is 0 Å². The average molecular weight is 165 g/mol. The van der Waals surface area contributed by atoms with Crippen molar-refractivity contribution in [2.45, 2.75) is 6.42 Å². The molecule has 0 amide bonds. The summed E-state index contributed by atoms with van der Waals surface area (Å²) >= 11 is 0. The van der Waals surface area contributed by atoms with Gasteiger partial charge in [0.25, 0.3) is 0 Å². The van der Waals surface area contributed by atoms with Crippen molar-refractivity contribution in [2.24, 2.45) is 5.73 Å². The van der Waals surface area contributed by atoms with Gasteiger partial charge in [0.05, 0.1) is 0 Å². The van der Waals surface area contributed by atoms with Gasteiger partial charge in [-0.3, -0.25) is 0 Å². The minimum absolute atomic E-state index is 0.510. The van der Waals surface area contributed by atoms with E-state index in [-0.39, 0.29) is 0 Å². The number of hydrogen-bond acceptors (Lipinski definition) is 3. The molecule has 0 aliphatic rings. The van der Waals surface area contributed by atoms with Crippen LogP contribution in [0, 0.1) is 0 Å². The summed E-state index contributed by atoms with van der Waals surface area (Å²) in [5, 5.41) is 17.6. The third kappa shape index (κ3) is 2.34. The Kier molecular flexibility index (Phi) is 3.28. The largest absolute Gasteiger partial charge is 0.488 e. The molecule has 0 aliphatic carbocycles. The quantitative estimate of drug-likeness (QED) is 0.496. The van der Waals surface area contributed by atoms with Gasteiger partial charge in [-0.2, -0.15) is 0 Å². The SMILES string of the molecule is NCCc1ccc(B(O)O)cc1. The first-order valence-electron chi connectivity index (χ1n) is 3.89. The summed E-state index contributed by atoms with van der Waals surface area (Å²) < 4.78 is 0. The monoisotopic (exact) mass is 165 g/mol. The van der Waals surface area contributed by atoms with Crippen molar-refractivity contribution in [3.05, 3.63) is 29.8 Å². The number of rotatable bonds is 3. The smallest absolute Gasteiger partial charge is 0.423 e. The fraction of sp³-hybridized carbons (Fsp3) is 0.250. The lowest BCUT2D eigenvalue weighted by molar-refractivity contribution is 0.426. The molecule has 12 heavy (non-hydrogen) atoms. The third-order valence-electron chi connectivity index (χ3n) is 1.71. The first kappa shape index (κ1) is 9.25. The Bertz CT molecular complexity index is 235. The Morgan fingerprint density at radius 3 is 2.17 bits per heavy atom. The van der Waals surface area contributed by atoms with Crippen LogP contribution in [-0.4, -0.2) is 23.7 Å². The molecule has 1 rings (SSSR count). The number of benzene rings is 1. The number of hydrogen-bond donors (Lipinski definition) is 3. The van der Waals surface area contributed by atoms with E-state index in [1.54, 1.807) is 12.1 Å². The first-order valence-corrected chi connectivity index (χ1v) is 3.89. The maximum atomic E-state index is 8.78. The van der Waals surface area contributed by atoms with Crippen LogP contribution in [0.2, 0.25) is 0 Å². The lowest BCUT2D eigenvalue weighted by Crippen LogP contribution is -2.29. The summed E-state index contributed by atoms with van der Waals surface area (Å²) in [7, 11) is -1.38. The molecule has 3 nitrogen and oxygen atoms in total.